The van der Waals surface area contributed by atoms with Crippen molar-refractivity contribution >= 4 is 27.3 Å². The molecule has 78 valence electrons. The molecule has 0 saturated carbocycles. The van der Waals surface area contributed by atoms with Gasteiger partial charge in [-0.25, -0.2) is 0 Å². The molecule has 2 nitrogen and oxygen atoms in total. The van der Waals surface area contributed by atoms with Crippen molar-refractivity contribution in [3.63, 3.8) is 0 Å². The van der Waals surface area contributed by atoms with E-state index in [1.807, 2.05) is 42.5 Å². The summed E-state index contributed by atoms with van der Waals surface area (Å²) >= 11 is 3.41. The van der Waals surface area contributed by atoms with E-state index >= 15 is 0 Å². The third kappa shape index (κ3) is 2.62. The standard InChI is InChI=1S/C13H9BrN2/c14-11-4-2-6-13(8-11)16-12-5-1-3-10(7-12)9-15/h1-8,16H. The van der Waals surface area contributed by atoms with E-state index in [0.717, 1.165) is 15.8 Å². The zero-order chi connectivity index (χ0) is 11.4. The second-order valence-corrected chi connectivity index (χ2v) is 4.24. The Bertz CT molecular complexity index is 544. The van der Waals surface area contributed by atoms with E-state index in [1.165, 1.54) is 0 Å². The van der Waals surface area contributed by atoms with Crippen molar-refractivity contribution in [2.75, 3.05) is 5.32 Å². The number of nitriles is 1. The molecular weight excluding hydrogens is 264 g/mol. The van der Waals surface area contributed by atoms with Crippen LogP contribution in [0.2, 0.25) is 0 Å². The molecule has 0 radical (unpaired) electrons. The van der Waals surface area contributed by atoms with Crippen molar-refractivity contribution in [2.45, 2.75) is 0 Å². The molecular formula is C13H9BrN2. The molecule has 0 fully saturated rings. The summed E-state index contributed by atoms with van der Waals surface area (Å²) in [6, 6.07) is 17.4. The molecule has 0 atom stereocenters. The number of nitrogens with one attached hydrogen (secondary N) is 1. The van der Waals surface area contributed by atoms with Crippen LogP contribution in [-0.4, -0.2) is 0 Å². The van der Waals surface area contributed by atoms with Crippen LogP contribution in [0.4, 0.5) is 11.4 Å². The quantitative estimate of drug-likeness (QED) is 0.895. The predicted molar refractivity (Wildman–Crippen MR) is 68.6 cm³/mol. The van der Waals surface area contributed by atoms with Crippen molar-refractivity contribution < 1.29 is 0 Å². The Kier molecular flexibility index (Phi) is 3.23. The minimum atomic E-state index is 0.653. The maximum absolute atomic E-state index is 8.79. The van der Waals surface area contributed by atoms with Gasteiger partial charge in [0, 0.05) is 15.8 Å². The third-order valence-corrected chi connectivity index (χ3v) is 2.60. The Labute approximate surface area is 103 Å². The van der Waals surface area contributed by atoms with Crippen LogP contribution < -0.4 is 5.32 Å². The fourth-order valence-corrected chi connectivity index (χ4v) is 1.80. The largest absolute Gasteiger partial charge is 0.355 e. The lowest BCUT2D eigenvalue weighted by Gasteiger charge is -2.06. The fraction of sp³-hybridized carbons (Fsp3) is 0. The van der Waals surface area contributed by atoms with Crippen LogP contribution in [0.5, 0.6) is 0 Å². The summed E-state index contributed by atoms with van der Waals surface area (Å²) in [5, 5.41) is 12.0. The average Bonchev–Trinajstić information content (AvgIpc) is 2.29. The van der Waals surface area contributed by atoms with E-state index in [2.05, 4.69) is 27.3 Å². The molecule has 1 N–H and O–H groups in total. The maximum atomic E-state index is 8.79. The lowest BCUT2D eigenvalue weighted by Crippen LogP contribution is -1.90. The molecule has 0 saturated heterocycles. The van der Waals surface area contributed by atoms with Crippen LogP contribution in [0.1, 0.15) is 5.56 Å². The number of hydrogen-bond donors (Lipinski definition) is 1. The first kappa shape index (κ1) is 10.7. The summed E-state index contributed by atoms with van der Waals surface area (Å²) in [5.74, 6) is 0. The number of halogens is 1. The Hall–Kier alpha value is -1.79. The molecule has 0 amide bonds. The molecule has 0 aliphatic rings. The second kappa shape index (κ2) is 4.82. The molecule has 0 heterocycles. The minimum Gasteiger partial charge on any atom is -0.355 e. The van der Waals surface area contributed by atoms with Crippen LogP contribution in [0.15, 0.2) is 53.0 Å². The smallest absolute Gasteiger partial charge is 0.0992 e. The van der Waals surface area contributed by atoms with Crippen molar-refractivity contribution in [1.82, 2.24) is 0 Å². The molecule has 0 bridgehead atoms. The van der Waals surface area contributed by atoms with Crippen LogP contribution in [0.25, 0.3) is 0 Å². The van der Waals surface area contributed by atoms with Gasteiger partial charge in [0.25, 0.3) is 0 Å². The van der Waals surface area contributed by atoms with E-state index < -0.39 is 0 Å². The first-order valence-electron chi connectivity index (χ1n) is 4.81. The van der Waals surface area contributed by atoms with Gasteiger partial charge < -0.3 is 5.32 Å². The highest BCUT2D eigenvalue weighted by atomic mass is 79.9. The fourth-order valence-electron chi connectivity index (χ4n) is 1.40. The number of rotatable bonds is 2. The van der Waals surface area contributed by atoms with Gasteiger partial charge in [0.2, 0.25) is 0 Å². The molecule has 0 spiro atoms. The first-order chi connectivity index (χ1) is 7.78. The predicted octanol–water partition coefficient (Wildman–Crippen LogP) is 4.06. The van der Waals surface area contributed by atoms with Gasteiger partial charge in [-0.3, -0.25) is 0 Å². The van der Waals surface area contributed by atoms with Gasteiger partial charge >= 0.3 is 0 Å². The minimum absolute atomic E-state index is 0.653. The summed E-state index contributed by atoms with van der Waals surface area (Å²) in [4.78, 5) is 0. The molecule has 16 heavy (non-hydrogen) atoms. The van der Waals surface area contributed by atoms with Crippen LogP contribution in [0.3, 0.4) is 0 Å². The Balaban J connectivity index is 2.24. The van der Waals surface area contributed by atoms with Crippen molar-refractivity contribution in [3.8, 4) is 6.07 Å². The zero-order valence-corrected chi connectivity index (χ0v) is 10.0. The molecule has 3 heteroatoms. The summed E-state index contributed by atoms with van der Waals surface area (Å²) < 4.78 is 1.02. The summed E-state index contributed by atoms with van der Waals surface area (Å²) in [5.41, 5.74) is 2.56. The van der Waals surface area contributed by atoms with Gasteiger partial charge in [-0.15, -0.1) is 0 Å². The second-order valence-electron chi connectivity index (χ2n) is 3.33. The molecule has 2 aromatic carbocycles. The normalized spacial score (nSPS) is 9.50. The van der Waals surface area contributed by atoms with Crippen molar-refractivity contribution in [2.24, 2.45) is 0 Å². The number of benzene rings is 2. The van der Waals surface area contributed by atoms with Crippen LogP contribution in [-0.2, 0) is 0 Å². The summed E-state index contributed by atoms with van der Waals surface area (Å²) in [7, 11) is 0. The molecule has 0 aliphatic heterocycles. The SMILES string of the molecule is N#Cc1cccc(Nc2cccc(Br)c2)c1. The number of nitrogens with zero attached hydrogens (tertiary/aromatic N) is 1. The van der Waals surface area contributed by atoms with Gasteiger partial charge in [-0.1, -0.05) is 28.1 Å². The van der Waals surface area contributed by atoms with Gasteiger partial charge in [0.1, 0.15) is 0 Å². The summed E-state index contributed by atoms with van der Waals surface area (Å²) in [6.45, 7) is 0. The Morgan fingerprint density at radius 2 is 1.69 bits per heavy atom. The van der Waals surface area contributed by atoms with Gasteiger partial charge in [0.15, 0.2) is 0 Å². The first-order valence-corrected chi connectivity index (χ1v) is 5.60. The highest BCUT2D eigenvalue weighted by molar-refractivity contribution is 9.10. The van der Waals surface area contributed by atoms with E-state index in [4.69, 9.17) is 5.26 Å². The van der Waals surface area contributed by atoms with E-state index in [-0.39, 0.29) is 0 Å². The van der Waals surface area contributed by atoms with Crippen molar-refractivity contribution in [1.29, 1.82) is 5.26 Å². The van der Waals surface area contributed by atoms with Crippen LogP contribution in [0, 0.1) is 11.3 Å². The topological polar surface area (TPSA) is 35.8 Å². The zero-order valence-electron chi connectivity index (χ0n) is 8.44. The highest BCUT2D eigenvalue weighted by Crippen LogP contribution is 2.20. The monoisotopic (exact) mass is 272 g/mol. The Morgan fingerprint density at radius 3 is 2.38 bits per heavy atom. The highest BCUT2D eigenvalue weighted by Gasteiger charge is 1.96. The molecule has 0 aliphatic carbocycles. The van der Waals surface area contributed by atoms with Crippen LogP contribution >= 0.6 is 15.9 Å². The molecule has 2 rings (SSSR count). The lowest BCUT2D eigenvalue weighted by atomic mass is 10.2. The lowest BCUT2D eigenvalue weighted by molar-refractivity contribution is 1.47. The van der Waals surface area contributed by atoms with Gasteiger partial charge in [-0.05, 0) is 36.4 Å². The van der Waals surface area contributed by atoms with Gasteiger partial charge in [-0.2, -0.15) is 5.26 Å². The van der Waals surface area contributed by atoms with E-state index in [1.54, 1.807) is 6.07 Å². The Morgan fingerprint density at radius 1 is 1.00 bits per heavy atom. The molecule has 0 unspecified atom stereocenters. The van der Waals surface area contributed by atoms with Crippen molar-refractivity contribution in [3.05, 3.63) is 58.6 Å². The number of anilines is 2. The maximum Gasteiger partial charge on any atom is 0.0992 e. The molecule has 0 aromatic heterocycles. The van der Waals surface area contributed by atoms with E-state index in [9.17, 15) is 0 Å². The summed E-state index contributed by atoms with van der Waals surface area (Å²) in [6.07, 6.45) is 0. The third-order valence-electron chi connectivity index (χ3n) is 2.10. The van der Waals surface area contributed by atoms with E-state index in [0.29, 0.717) is 5.56 Å². The molecule has 2 aromatic rings. The van der Waals surface area contributed by atoms with Gasteiger partial charge in [0.05, 0.1) is 11.6 Å². The average molecular weight is 273 g/mol. The number of hydrogen-bond acceptors (Lipinski definition) is 2.